The highest BCUT2D eigenvalue weighted by Gasteiger charge is 2.22. The molecule has 1 heterocycles. The van der Waals surface area contributed by atoms with Gasteiger partial charge in [0.15, 0.2) is 0 Å². The maximum Gasteiger partial charge on any atom is 0.221 e. The van der Waals surface area contributed by atoms with Crippen LogP contribution in [0, 0.1) is 0 Å². The number of nitrogens with zero attached hydrogens (tertiary/aromatic N) is 1. The summed E-state index contributed by atoms with van der Waals surface area (Å²) in [6.45, 7) is 2.74. The van der Waals surface area contributed by atoms with Gasteiger partial charge in [-0.15, -0.1) is 0 Å². The number of carbonyl (C=O) groups excluding carboxylic acids is 1. The summed E-state index contributed by atoms with van der Waals surface area (Å²) >= 11 is 0. The lowest BCUT2D eigenvalue weighted by atomic mass is 9.99. The van der Waals surface area contributed by atoms with Gasteiger partial charge in [0.1, 0.15) is 0 Å². The molecule has 0 saturated heterocycles. The molecular formula is C17H25N3O. The van der Waals surface area contributed by atoms with Crippen molar-refractivity contribution in [2.45, 2.75) is 44.7 Å². The van der Waals surface area contributed by atoms with Crippen molar-refractivity contribution in [1.29, 1.82) is 0 Å². The molecule has 3 rings (SSSR count). The molecule has 2 aliphatic rings. The summed E-state index contributed by atoms with van der Waals surface area (Å²) < 4.78 is 0. The molecule has 0 spiro atoms. The molecule has 114 valence electrons. The van der Waals surface area contributed by atoms with E-state index in [0.29, 0.717) is 12.5 Å². The van der Waals surface area contributed by atoms with Crippen LogP contribution in [0.25, 0.3) is 0 Å². The molecule has 21 heavy (non-hydrogen) atoms. The Kier molecular flexibility index (Phi) is 4.44. The van der Waals surface area contributed by atoms with Crippen molar-refractivity contribution in [2.75, 3.05) is 25.0 Å². The third-order valence-electron chi connectivity index (χ3n) is 4.30. The van der Waals surface area contributed by atoms with Gasteiger partial charge in [0, 0.05) is 44.8 Å². The van der Waals surface area contributed by atoms with Crippen LogP contribution in [0.1, 0.15) is 36.8 Å². The van der Waals surface area contributed by atoms with Crippen molar-refractivity contribution in [1.82, 2.24) is 10.6 Å². The highest BCUT2D eigenvalue weighted by molar-refractivity contribution is 5.76. The predicted molar refractivity (Wildman–Crippen MR) is 85.5 cm³/mol. The SMILES string of the molecule is CN1CCCc2cc(CNCCC(=O)NC3CC3)ccc21. The Balaban J connectivity index is 1.43. The van der Waals surface area contributed by atoms with Crippen LogP contribution in [0.5, 0.6) is 0 Å². The zero-order chi connectivity index (χ0) is 14.7. The van der Waals surface area contributed by atoms with Gasteiger partial charge in [0.05, 0.1) is 0 Å². The largest absolute Gasteiger partial charge is 0.374 e. The summed E-state index contributed by atoms with van der Waals surface area (Å²) in [7, 11) is 2.16. The van der Waals surface area contributed by atoms with Crippen molar-refractivity contribution in [3.05, 3.63) is 29.3 Å². The predicted octanol–water partition coefficient (Wildman–Crippen LogP) is 1.83. The molecule has 1 aromatic rings. The van der Waals surface area contributed by atoms with Crippen LogP contribution in [0.2, 0.25) is 0 Å². The molecule has 0 bridgehead atoms. The fourth-order valence-electron chi connectivity index (χ4n) is 2.91. The van der Waals surface area contributed by atoms with E-state index >= 15 is 0 Å². The van der Waals surface area contributed by atoms with Gasteiger partial charge in [0.25, 0.3) is 0 Å². The third kappa shape index (κ3) is 3.97. The van der Waals surface area contributed by atoms with Gasteiger partial charge in [-0.2, -0.15) is 0 Å². The Labute approximate surface area is 126 Å². The number of anilines is 1. The van der Waals surface area contributed by atoms with E-state index in [0.717, 1.165) is 32.5 Å². The molecule has 0 unspecified atom stereocenters. The van der Waals surface area contributed by atoms with Crippen molar-refractivity contribution in [2.24, 2.45) is 0 Å². The van der Waals surface area contributed by atoms with Gasteiger partial charge in [-0.1, -0.05) is 12.1 Å². The van der Waals surface area contributed by atoms with Crippen LogP contribution in [0.15, 0.2) is 18.2 Å². The first kappa shape index (κ1) is 14.4. The van der Waals surface area contributed by atoms with Gasteiger partial charge < -0.3 is 15.5 Å². The van der Waals surface area contributed by atoms with E-state index < -0.39 is 0 Å². The number of nitrogens with one attached hydrogen (secondary N) is 2. The minimum Gasteiger partial charge on any atom is -0.374 e. The number of carbonyl (C=O) groups is 1. The Bertz CT molecular complexity index is 511. The molecule has 2 N–H and O–H groups in total. The molecule has 1 aromatic carbocycles. The van der Waals surface area contributed by atoms with Gasteiger partial charge in [-0.3, -0.25) is 4.79 Å². The Morgan fingerprint density at radius 3 is 3.05 bits per heavy atom. The van der Waals surface area contributed by atoms with E-state index in [9.17, 15) is 4.79 Å². The Morgan fingerprint density at radius 1 is 1.38 bits per heavy atom. The molecular weight excluding hydrogens is 262 g/mol. The second-order valence-corrected chi connectivity index (χ2v) is 6.26. The first-order chi connectivity index (χ1) is 10.2. The first-order valence-corrected chi connectivity index (χ1v) is 8.05. The van der Waals surface area contributed by atoms with E-state index in [4.69, 9.17) is 0 Å². The minimum atomic E-state index is 0.178. The smallest absolute Gasteiger partial charge is 0.221 e. The Hall–Kier alpha value is -1.55. The average molecular weight is 287 g/mol. The molecule has 4 heteroatoms. The van der Waals surface area contributed by atoms with Crippen LogP contribution in [-0.2, 0) is 17.8 Å². The molecule has 0 radical (unpaired) electrons. The summed E-state index contributed by atoms with van der Waals surface area (Å²) in [6, 6.07) is 7.20. The summed E-state index contributed by atoms with van der Waals surface area (Å²) in [6.07, 6.45) is 5.30. The average Bonchev–Trinajstić information content (AvgIpc) is 3.28. The van der Waals surface area contributed by atoms with Crippen LogP contribution in [-0.4, -0.2) is 32.1 Å². The van der Waals surface area contributed by atoms with E-state index in [1.807, 2.05) is 0 Å². The number of rotatable bonds is 6. The lowest BCUT2D eigenvalue weighted by Crippen LogP contribution is -2.29. The zero-order valence-electron chi connectivity index (χ0n) is 12.8. The molecule has 1 saturated carbocycles. The first-order valence-electron chi connectivity index (χ1n) is 8.05. The molecule has 0 atom stereocenters. The Morgan fingerprint density at radius 2 is 2.24 bits per heavy atom. The highest BCUT2D eigenvalue weighted by atomic mass is 16.1. The lowest BCUT2D eigenvalue weighted by Gasteiger charge is -2.27. The second-order valence-electron chi connectivity index (χ2n) is 6.26. The lowest BCUT2D eigenvalue weighted by molar-refractivity contribution is -0.121. The second kappa shape index (κ2) is 6.48. The summed E-state index contributed by atoms with van der Waals surface area (Å²) in [5.41, 5.74) is 4.13. The fourth-order valence-corrected chi connectivity index (χ4v) is 2.91. The van der Waals surface area contributed by atoms with Gasteiger partial charge >= 0.3 is 0 Å². The molecule has 1 aliphatic heterocycles. The van der Waals surface area contributed by atoms with Gasteiger partial charge in [0.2, 0.25) is 5.91 Å². The van der Waals surface area contributed by atoms with Crippen LogP contribution in [0.3, 0.4) is 0 Å². The van der Waals surface area contributed by atoms with Crippen LogP contribution >= 0.6 is 0 Å². The fraction of sp³-hybridized carbons (Fsp3) is 0.588. The van der Waals surface area contributed by atoms with Gasteiger partial charge in [-0.05, 0) is 42.9 Å². The third-order valence-corrected chi connectivity index (χ3v) is 4.30. The topological polar surface area (TPSA) is 44.4 Å². The van der Waals surface area contributed by atoms with E-state index in [-0.39, 0.29) is 5.91 Å². The van der Waals surface area contributed by atoms with E-state index in [2.05, 4.69) is 40.8 Å². The van der Waals surface area contributed by atoms with Crippen molar-refractivity contribution in [3.8, 4) is 0 Å². The zero-order valence-corrected chi connectivity index (χ0v) is 12.8. The normalized spacial score (nSPS) is 17.5. The van der Waals surface area contributed by atoms with Gasteiger partial charge in [-0.25, -0.2) is 0 Å². The monoisotopic (exact) mass is 287 g/mol. The molecule has 1 amide bonds. The van der Waals surface area contributed by atoms with Crippen LogP contribution < -0.4 is 15.5 Å². The quantitative estimate of drug-likeness (QED) is 0.785. The number of amides is 1. The number of benzene rings is 1. The van der Waals surface area contributed by atoms with E-state index in [1.165, 1.54) is 29.7 Å². The number of hydrogen-bond donors (Lipinski definition) is 2. The summed E-state index contributed by atoms with van der Waals surface area (Å²) in [4.78, 5) is 13.9. The molecule has 1 aliphatic carbocycles. The van der Waals surface area contributed by atoms with Crippen molar-refractivity contribution in [3.63, 3.8) is 0 Å². The standard InChI is InChI=1S/C17H25N3O/c1-20-10-2-3-14-11-13(4-7-16(14)20)12-18-9-8-17(21)19-15-5-6-15/h4,7,11,15,18H,2-3,5-6,8-10,12H2,1H3,(H,19,21). The molecule has 0 aromatic heterocycles. The summed E-state index contributed by atoms with van der Waals surface area (Å²) in [5, 5.41) is 6.38. The van der Waals surface area contributed by atoms with E-state index in [1.54, 1.807) is 0 Å². The molecule has 4 nitrogen and oxygen atoms in total. The number of fused-ring (bicyclic) bond motifs is 1. The molecule has 1 fully saturated rings. The number of aryl methyl sites for hydroxylation is 1. The van der Waals surface area contributed by atoms with Crippen LogP contribution in [0.4, 0.5) is 5.69 Å². The summed E-state index contributed by atoms with van der Waals surface area (Å²) in [5.74, 6) is 0.178. The van der Waals surface area contributed by atoms with Crippen molar-refractivity contribution >= 4 is 11.6 Å². The minimum absolute atomic E-state index is 0.178. The number of hydrogen-bond acceptors (Lipinski definition) is 3. The maximum absolute atomic E-state index is 11.6. The van der Waals surface area contributed by atoms with Crippen molar-refractivity contribution < 1.29 is 4.79 Å². The maximum atomic E-state index is 11.6. The highest BCUT2D eigenvalue weighted by Crippen LogP contribution is 2.26.